The van der Waals surface area contributed by atoms with E-state index < -0.39 is 6.10 Å². The lowest BCUT2D eigenvalue weighted by Gasteiger charge is -2.16. The van der Waals surface area contributed by atoms with E-state index in [4.69, 9.17) is 9.47 Å². The quantitative estimate of drug-likeness (QED) is 0.894. The van der Waals surface area contributed by atoms with E-state index in [0.29, 0.717) is 17.2 Å². The summed E-state index contributed by atoms with van der Waals surface area (Å²) in [5, 5.41) is 12.1. The summed E-state index contributed by atoms with van der Waals surface area (Å²) in [5.41, 5.74) is 0.515. The Labute approximate surface area is 141 Å². The second-order valence-corrected chi connectivity index (χ2v) is 7.87. The van der Waals surface area contributed by atoms with Crippen LogP contribution in [0, 0.1) is 11.3 Å². The Hall–Kier alpha value is -1.42. The zero-order valence-electron chi connectivity index (χ0n) is 14.1. The molecule has 1 saturated heterocycles. The van der Waals surface area contributed by atoms with Gasteiger partial charge < -0.3 is 14.8 Å². The molecule has 1 aromatic rings. The van der Waals surface area contributed by atoms with Crippen LogP contribution in [0.4, 0.5) is 5.69 Å². The lowest BCUT2D eigenvalue weighted by atomic mass is 9.94. The van der Waals surface area contributed by atoms with Crippen molar-refractivity contribution in [2.24, 2.45) is 0 Å². The second-order valence-electron chi connectivity index (χ2n) is 6.82. The van der Waals surface area contributed by atoms with E-state index in [1.807, 2.05) is 6.07 Å². The van der Waals surface area contributed by atoms with Gasteiger partial charge in [-0.2, -0.15) is 5.26 Å². The van der Waals surface area contributed by atoms with Gasteiger partial charge >= 0.3 is 0 Å². The Morgan fingerprint density at radius 2 is 2.35 bits per heavy atom. The van der Waals surface area contributed by atoms with Gasteiger partial charge in [0.05, 0.1) is 18.4 Å². The van der Waals surface area contributed by atoms with E-state index in [2.05, 4.69) is 32.2 Å². The molecule has 0 radical (unpaired) electrons. The molecule has 2 atom stereocenters. The molecule has 5 nitrogen and oxygen atoms in total. The summed E-state index contributed by atoms with van der Waals surface area (Å²) >= 11 is 1.42. The third-order valence-electron chi connectivity index (χ3n) is 3.76. The molecule has 0 unspecified atom stereocenters. The van der Waals surface area contributed by atoms with Gasteiger partial charge in [0.1, 0.15) is 17.1 Å². The summed E-state index contributed by atoms with van der Waals surface area (Å²) in [6.07, 6.45) is 1.54. The van der Waals surface area contributed by atoms with Crippen LogP contribution in [0.1, 0.15) is 50.3 Å². The molecular weight excluding hydrogens is 312 g/mol. The van der Waals surface area contributed by atoms with Gasteiger partial charge in [-0.15, -0.1) is 11.3 Å². The zero-order valence-corrected chi connectivity index (χ0v) is 15.0. The summed E-state index contributed by atoms with van der Waals surface area (Å²) < 4.78 is 11.1. The van der Waals surface area contributed by atoms with Gasteiger partial charge in [-0.3, -0.25) is 4.79 Å². The summed E-state index contributed by atoms with van der Waals surface area (Å²) in [7, 11) is 0. The second kappa shape index (κ2) is 7.43. The molecule has 1 fully saturated rings. The SMILES string of the molecule is C[C@@H](OC[C@H]1CCCO1)C(=O)Nc1cc(C(C)(C)C)sc1C#N. The molecule has 0 aromatic carbocycles. The van der Waals surface area contributed by atoms with Gasteiger partial charge in [0.25, 0.3) is 5.91 Å². The number of amides is 1. The first-order valence-electron chi connectivity index (χ1n) is 7.89. The van der Waals surface area contributed by atoms with Crippen molar-refractivity contribution in [2.75, 3.05) is 18.5 Å². The van der Waals surface area contributed by atoms with Crippen molar-refractivity contribution in [3.63, 3.8) is 0 Å². The number of hydrogen-bond donors (Lipinski definition) is 1. The van der Waals surface area contributed by atoms with Crippen molar-refractivity contribution < 1.29 is 14.3 Å². The average molecular weight is 336 g/mol. The Balaban J connectivity index is 1.96. The Morgan fingerprint density at radius 3 is 2.91 bits per heavy atom. The fourth-order valence-electron chi connectivity index (χ4n) is 2.27. The molecule has 0 bridgehead atoms. The summed E-state index contributed by atoms with van der Waals surface area (Å²) in [4.78, 5) is 13.9. The van der Waals surface area contributed by atoms with Crippen LogP contribution >= 0.6 is 11.3 Å². The van der Waals surface area contributed by atoms with E-state index in [1.54, 1.807) is 6.92 Å². The highest BCUT2D eigenvalue weighted by Gasteiger charge is 2.23. The standard InChI is InChI=1S/C17H24N2O3S/c1-11(22-10-12-6-5-7-21-12)16(20)19-13-8-15(17(2,3)4)23-14(13)9-18/h8,11-12H,5-7,10H2,1-4H3,(H,19,20)/t11-,12-/m1/s1. The molecule has 0 aliphatic carbocycles. The number of nitriles is 1. The summed E-state index contributed by atoms with van der Waals surface area (Å²) in [6.45, 7) is 9.16. The third-order valence-corrected chi connectivity index (χ3v) is 5.22. The number of ether oxygens (including phenoxy) is 2. The zero-order chi connectivity index (χ0) is 17.0. The minimum Gasteiger partial charge on any atom is -0.376 e. The van der Waals surface area contributed by atoms with Crippen LogP contribution in [0.25, 0.3) is 0 Å². The van der Waals surface area contributed by atoms with Crippen LogP contribution in [0.15, 0.2) is 6.07 Å². The number of nitrogens with one attached hydrogen (secondary N) is 1. The van der Waals surface area contributed by atoms with Crippen molar-refractivity contribution in [1.82, 2.24) is 0 Å². The van der Waals surface area contributed by atoms with Crippen LogP contribution in [-0.2, 0) is 19.7 Å². The average Bonchev–Trinajstić information content (AvgIpc) is 3.13. The molecule has 0 saturated carbocycles. The maximum absolute atomic E-state index is 12.3. The van der Waals surface area contributed by atoms with E-state index in [0.717, 1.165) is 24.3 Å². The predicted molar refractivity (Wildman–Crippen MR) is 90.8 cm³/mol. The van der Waals surface area contributed by atoms with Crippen LogP contribution in [0.2, 0.25) is 0 Å². The number of carbonyl (C=O) groups excluding carboxylic acids is 1. The van der Waals surface area contributed by atoms with Gasteiger partial charge in [0.15, 0.2) is 0 Å². The highest BCUT2D eigenvalue weighted by molar-refractivity contribution is 7.13. The fraction of sp³-hybridized carbons (Fsp3) is 0.647. The van der Waals surface area contributed by atoms with Crippen LogP contribution in [0.5, 0.6) is 0 Å². The van der Waals surface area contributed by atoms with Crippen molar-refractivity contribution in [3.8, 4) is 6.07 Å². The number of rotatable bonds is 5. The number of hydrogen-bond acceptors (Lipinski definition) is 5. The topological polar surface area (TPSA) is 71.3 Å². The highest BCUT2D eigenvalue weighted by atomic mass is 32.1. The molecule has 1 aliphatic heterocycles. The Bertz CT molecular complexity index is 592. The molecule has 1 aromatic heterocycles. The number of anilines is 1. The molecule has 0 spiro atoms. The minimum atomic E-state index is -0.580. The van der Waals surface area contributed by atoms with Crippen LogP contribution in [0.3, 0.4) is 0 Å². The molecule has 126 valence electrons. The monoisotopic (exact) mass is 336 g/mol. The Kier molecular flexibility index (Phi) is 5.79. The molecule has 2 heterocycles. The van der Waals surface area contributed by atoms with Crippen LogP contribution < -0.4 is 5.32 Å². The van der Waals surface area contributed by atoms with E-state index in [1.165, 1.54) is 11.3 Å². The highest BCUT2D eigenvalue weighted by Crippen LogP contribution is 2.35. The number of nitrogens with zero attached hydrogens (tertiary/aromatic N) is 1. The first-order chi connectivity index (χ1) is 10.8. The first-order valence-corrected chi connectivity index (χ1v) is 8.71. The van der Waals surface area contributed by atoms with E-state index in [-0.39, 0.29) is 17.4 Å². The van der Waals surface area contributed by atoms with Gasteiger partial charge in [0, 0.05) is 11.5 Å². The molecule has 1 amide bonds. The molecular formula is C17H24N2O3S. The fourth-order valence-corrected chi connectivity index (χ4v) is 3.24. The van der Waals surface area contributed by atoms with Crippen molar-refractivity contribution in [2.45, 2.75) is 58.2 Å². The lowest BCUT2D eigenvalue weighted by Crippen LogP contribution is -2.30. The van der Waals surface area contributed by atoms with Crippen LogP contribution in [-0.4, -0.2) is 31.3 Å². The predicted octanol–water partition coefficient (Wildman–Crippen LogP) is 3.44. The van der Waals surface area contributed by atoms with E-state index in [9.17, 15) is 10.1 Å². The first kappa shape index (κ1) is 17.9. The maximum Gasteiger partial charge on any atom is 0.253 e. The third kappa shape index (κ3) is 4.77. The van der Waals surface area contributed by atoms with Crippen molar-refractivity contribution >= 4 is 22.9 Å². The molecule has 1 N–H and O–H groups in total. The molecule has 6 heteroatoms. The number of carbonyl (C=O) groups is 1. The van der Waals surface area contributed by atoms with Gasteiger partial charge in [-0.05, 0) is 31.2 Å². The summed E-state index contributed by atoms with van der Waals surface area (Å²) in [5.74, 6) is -0.238. The lowest BCUT2D eigenvalue weighted by molar-refractivity contribution is -0.128. The normalized spacial score (nSPS) is 19.3. The van der Waals surface area contributed by atoms with E-state index >= 15 is 0 Å². The molecule has 1 aliphatic rings. The van der Waals surface area contributed by atoms with Crippen molar-refractivity contribution in [3.05, 3.63) is 15.8 Å². The summed E-state index contributed by atoms with van der Waals surface area (Å²) in [6, 6.07) is 4.03. The number of thiophene rings is 1. The molecule has 23 heavy (non-hydrogen) atoms. The van der Waals surface area contributed by atoms with Gasteiger partial charge in [0.2, 0.25) is 0 Å². The van der Waals surface area contributed by atoms with Gasteiger partial charge in [-0.1, -0.05) is 20.8 Å². The Morgan fingerprint density at radius 1 is 1.61 bits per heavy atom. The molecule has 2 rings (SSSR count). The maximum atomic E-state index is 12.3. The van der Waals surface area contributed by atoms with Crippen molar-refractivity contribution in [1.29, 1.82) is 5.26 Å². The van der Waals surface area contributed by atoms with Gasteiger partial charge in [-0.25, -0.2) is 0 Å². The largest absolute Gasteiger partial charge is 0.376 e. The minimum absolute atomic E-state index is 0.0544. The smallest absolute Gasteiger partial charge is 0.253 e.